The molecule has 0 aliphatic rings. The molecule has 0 aliphatic carbocycles. The van der Waals surface area contributed by atoms with Gasteiger partial charge in [-0.1, -0.05) is 0 Å². The Labute approximate surface area is 86.6 Å². The van der Waals surface area contributed by atoms with Gasteiger partial charge in [-0.25, -0.2) is 9.78 Å². The highest BCUT2D eigenvalue weighted by atomic mass is 35.5. The van der Waals surface area contributed by atoms with Gasteiger partial charge in [-0.2, -0.15) is 0 Å². The molecule has 0 fully saturated rings. The molecule has 0 amide bonds. The van der Waals surface area contributed by atoms with E-state index in [0.717, 1.165) is 5.56 Å². The minimum atomic E-state index is -0.999. The fourth-order valence-corrected chi connectivity index (χ4v) is 1.19. The summed E-state index contributed by atoms with van der Waals surface area (Å²) in [6, 6.07) is 3.74. The molecule has 2 aromatic rings. The lowest BCUT2D eigenvalue weighted by molar-refractivity contribution is 0.0691. The van der Waals surface area contributed by atoms with Gasteiger partial charge in [0.05, 0.1) is 0 Å². The zero-order valence-electron chi connectivity index (χ0n) is 7.47. The summed E-state index contributed by atoms with van der Waals surface area (Å²) in [5.41, 5.74) is 1.80. The van der Waals surface area contributed by atoms with E-state index in [9.17, 15) is 4.79 Å². The molecule has 0 saturated heterocycles. The van der Waals surface area contributed by atoms with Crippen LogP contribution < -0.4 is 0 Å². The van der Waals surface area contributed by atoms with Gasteiger partial charge in [-0.3, -0.25) is 0 Å². The van der Waals surface area contributed by atoms with Crippen LogP contribution in [0.15, 0.2) is 24.5 Å². The van der Waals surface area contributed by atoms with Crippen LogP contribution >= 0.6 is 12.4 Å². The molecule has 14 heavy (non-hydrogen) atoms. The number of nitrogens with zero attached hydrogens (tertiary/aromatic N) is 2. The van der Waals surface area contributed by atoms with Gasteiger partial charge in [0.2, 0.25) is 0 Å². The Morgan fingerprint density at radius 1 is 1.57 bits per heavy atom. The maximum Gasteiger partial charge on any atom is 0.356 e. The summed E-state index contributed by atoms with van der Waals surface area (Å²) in [4.78, 5) is 14.5. The molecule has 5 heteroatoms. The first-order valence-corrected chi connectivity index (χ1v) is 3.85. The molecule has 2 aromatic heterocycles. The number of carboxylic acids is 1. The van der Waals surface area contributed by atoms with Crippen molar-refractivity contribution in [1.82, 2.24) is 9.38 Å². The van der Waals surface area contributed by atoms with Crippen molar-refractivity contribution in [3.8, 4) is 0 Å². The van der Waals surface area contributed by atoms with E-state index >= 15 is 0 Å². The number of hydrogen-bond acceptors (Lipinski definition) is 2. The number of pyridine rings is 1. The molecule has 2 heterocycles. The molecule has 0 atom stereocenters. The van der Waals surface area contributed by atoms with Crippen LogP contribution in [0.25, 0.3) is 5.65 Å². The van der Waals surface area contributed by atoms with Crippen LogP contribution in [0, 0.1) is 6.92 Å². The van der Waals surface area contributed by atoms with Crippen LogP contribution in [-0.4, -0.2) is 20.5 Å². The highest BCUT2D eigenvalue weighted by Gasteiger charge is 2.07. The average Bonchev–Trinajstić information content (AvgIpc) is 2.46. The molecule has 4 nitrogen and oxygen atoms in total. The quantitative estimate of drug-likeness (QED) is 0.784. The second kappa shape index (κ2) is 3.67. The van der Waals surface area contributed by atoms with Crippen LogP contribution in [0.4, 0.5) is 0 Å². The van der Waals surface area contributed by atoms with Crippen molar-refractivity contribution >= 4 is 24.0 Å². The van der Waals surface area contributed by atoms with Crippen LogP contribution in [-0.2, 0) is 0 Å². The Balaban J connectivity index is 0.000000980. The Hall–Kier alpha value is -1.55. The topological polar surface area (TPSA) is 54.6 Å². The number of aromatic carboxylic acids is 1. The molecular weight excluding hydrogens is 204 g/mol. The van der Waals surface area contributed by atoms with Gasteiger partial charge in [0, 0.05) is 12.4 Å². The van der Waals surface area contributed by atoms with E-state index in [-0.39, 0.29) is 18.1 Å². The van der Waals surface area contributed by atoms with Crippen molar-refractivity contribution in [3.05, 3.63) is 35.8 Å². The number of imidazole rings is 1. The van der Waals surface area contributed by atoms with Crippen LogP contribution in [0.3, 0.4) is 0 Å². The van der Waals surface area contributed by atoms with E-state index in [1.807, 2.05) is 19.1 Å². The summed E-state index contributed by atoms with van der Waals surface area (Å²) in [5, 5.41) is 8.68. The Kier molecular flexibility index (Phi) is 2.76. The number of carbonyl (C=O) groups is 1. The lowest BCUT2D eigenvalue weighted by Gasteiger charge is -1.92. The molecule has 0 saturated carbocycles. The number of rotatable bonds is 1. The van der Waals surface area contributed by atoms with E-state index in [1.165, 1.54) is 6.20 Å². The zero-order valence-corrected chi connectivity index (χ0v) is 8.28. The Morgan fingerprint density at radius 3 is 2.93 bits per heavy atom. The normalized spacial score (nSPS) is 9.79. The average molecular weight is 213 g/mol. The number of aromatic nitrogens is 2. The Bertz CT molecular complexity index is 479. The summed E-state index contributed by atoms with van der Waals surface area (Å²) in [5.74, 6) is -0.999. The molecule has 1 N–H and O–H groups in total. The third kappa shape index (κ3) is 1.70. The van der Waals surface area contributed by atoms with Gasteiger partial charge >= 0.3 is 5.97 Å². The first-order chi connectivity index (χ1) is 6.16. The molecule has 0 unspecified atom stereocenters. The highest BCUT2D eigenvalue weighted by Crippen LogP contribution is 2.07. The van der Waals surface area contributed by atoms with E-state index in [0.29, 0.717) is 5.65 Å². The smallest absolute Gasteiger partial charge is 0.356 e. The van der Waals surface area contributed by atoms with Gasteiger partial charge in [0.15, 0.2) is 5.69 Å². The molecule has 0 radical (unpaired) electrons. The van der Waals surface area contributed by atoms with Crippen molar-refractivity contribution in [2.75, 3.05) is 0 Å². The Morgan fingerprint density at radius 2 is 2.29 bits per heavy atom. The summed E-state index contributed by atoms with van der Waals surface area (Å²) < 4.78 is 1.69. The molecule has 0 aliphatic heterocycles. The lowest BCUT2D eigenvalue weighted by atomic mass is 10.3. The summed E-state index contributed by atoms with van der Waals surface area (Å²) in [6.45, 7) is 1.94. The number of halogens is 1. The number of hydrogen-bond donors (Lipinski definition) is 1. The van der Waals surface area contributed by atoms with Crippen molar-refractivity contribution in [1.29, 1.82) is 0 Å². The predicted octanol–water partition coefficient (Wildman–Crippen LogP) is 1.76. The summed E-state index contributed by atoms with van der Waals surface area (Å²) in [7, 11) is 0. The van der Waals surface area contributed by atoms with Gasteiger partial charge in [0.1, 0.15) is 5.65 Å². The van der Waals surface area contributed by atoms with E-state index < -0.39 is 5.97 Å². The number of aryl methyl sites for hydroxylation is 1. The van der Waals surface area contributed by atoms with Crippen molar-refractivity contribution in [3.63, 3.8) is 0 Å². The van der Waals surface area contributed by atoms with Gasteiger partial charge < -0.3 is 9.51 Å². The van der Waals surface area contributed by atoms with E-state index in [2.05, 4.69) is 4.98 Å². The number of fused-ring (bicyclic) bond motifs is 1. The van der Waals surface area contributed by atoms with Gasteiger partial charge in [0.25, 0.3) is 0 Å². The third-order valence-electron chi connectivity index (χ3n) is 1.83. The predicted molar refractivity (Wildman–Crippen MR) is 54.1 cm³/mol. The first-order valence-electron chi connectivity index (χ1n) is 3.85. The summed E-state index contributed by atoms with van der Waals surface area (Å²) >= 11 is 0. The highest BCUT2D eigenvalue weighted by molar-refractivity contribution is 5.86. The van der Waals surface area contributed by atoms with Crippen LogP contribution in [0.5, 0.6) is 0 Å². The van der Waals surface area contributed by atoms with Gasteiger partial charge in [-0.05, 0) is 24.6 Å². The SMILES string of the molecule is Cc1ccn2cc(C(=O)O)nc2c1.Cl. The monoisotopic (exact) mass is 212 g/mol. The largest absolute Gasteiger partial charge is 0.476 e. The molecule has 74 valence electrons. The minimum Gasteiger partial charge on any atom is -0.476 e. The maximum atomic E-state index is 10.6. The second-order valence-electron chi connectivity index (χ2n) is 2.90. The zero-order chi connectivity index (χ0) is 9.42. The lowest BCUT2D eigenvalue weighted by Crippen LogP contribution is -1.94. The van der Waals surface area contributed by atoms with Crippen molar-refractivity contribution in [2.24, 2.45) is 0 Å². The van der Waals surface area contributed by atoms with Crippen molar-refractivity contribution < 1.29 is 9.90 Å². The standard InChI is InChI=1S/C9H8N2O2.ClH/c1-6-2-3-11-5-7(9(12)13)10-8(11)4-6;/h2-5H,1H3,(H,12,13);1H. The molecule has 0 spiro atoms. The fourth-order valence-electron chi connectivity index (χ4n) is 1.19. The maximum absolute atomic E-state index is 10.6. The molecular formula is C9H9ClN2O2. The second-order valence-corrected chi connectivity index (χ2v) is 2.90. The minimum absolute atomic E-state index is 0. The van der Waals surface area contributed by atoms with Gasteiger partial charge in [-0.15, -0.1) is 12.4 Å². The van der Waals surface area contributed by atoms with Crippen molar-refractivity contribution in [2.45, 2.75) is 6.92 Å². The van der Waals surface area contributed by atoms with Crippen LogP contribution in [0.1, 0.15) is 16.1 Å². The first kappa shape index (κ1) is 10.5. The summed E-state index contributed by atoms with van der Waals surface area (Å²) in [6.07, 6.45) is 3.29. The van der Waals surface area contributed by atoms with Crippen LogP contribution in [0.2, 0.25) is 0 Å². The fraction of sp³-hybridized carbons (Fsp3) is 0.111. The molecule has 0 aromatic carbocycles. The molecule has 0 bridgehead atoms. The van der Waals surface area contributed by atoms with E-state index in [1.54, 1.807) is 10.6 Å². The number of carboxylic acid groups (broad SMARTS) is 1. The van der Waals surface area contributed by atoms with E-state index in [4.69, 9.17) is 5.11 Å². The third-order valence-corrected chi connectivity index (χ3v) is 1.83. The molecule has 2 rings (SSSR count).